The summed E-state index contributed by atoms with van der Waals surface area (Å²) >= 11 is 0. The lowest BCUT2D eigenvalue weighted by molar-refractivity contribution is 0.0657. The molecule has 1 aliphatic heterocycles. The van der Waals surface area contributed by atoms with Gasteiger partial charge in [-0.3, -0.25) is 4.79 Å². The number of halogens is 2. The zero-order valence-corrected chi connectivity index (χ0v) is 18.9. The first kappa shape index (κ1) is 23.0. The number of furan rings is 1. The first-order valence-electron chi connectivity index (χ1n) is 9.30. The van der Waals surface area contributed by atoms with Crippen LogP contribution in [0, 0.1) is 5.82 Å². The number of aliphatic imine (C=N–C) groups is 1. The second-order valence-corrected chi connectivity index (χ2v) is 6.40. The molecule has 0 radical (unpaired) electrons. The topological polar surface area (TPSA) is 70.3 Å². The van der Waals surface area contributed by atoms with Crippen molar-refractivity contribution < 1.29 is 18.3 Å². The maximum absolute atomic E-state index is 13.9. The van der Waals surface area contributed by atoms with E-state index < -0.39 is 5.82 Å². The van der Waals surface area contributed by atoms with Crippen LogP contribution in [0.15, 0.2) is 46.0 Å². The minimum Gasteiger partial charge on any atom is -0.494 e. The van der Waals surface area contributed by atoms with Gasteiger partial charge in [0.05, 0.1) is 19.9 Å². The second-order valence-electron chi connectivity index (χ2n) is 6.40. The Morgan fingerprint density at radius 2 is 1.97 bits per heavy atom. The lowest BCUT2D eigenvalue weighted by Crippen LogP contribution is -2.53. The minimum atomic E-state index is -0.398. The molecule has 0 bridgehead atoms. The molecule has 1 fully saturated rings. The second kappa shape index (κ2) is 11.0. The quantitative estimate of drug-likeness (QED) is 0.376. The van der Waals surface area contributed by atoms with Gasteiger partial charge in [0.2, 0.25) is 0 Å². The predicted molar refractivity (Wildman–Crippen MR) is 119 cm³/mol. The van der Waals surface area contributed by atoms with Crippen LogP contribution < -0.4 is 10.1 Å². The van der Waals surface area contributed by atoms with Crippen molar-refractivity contribution in [3.05, 3.63) is 53.7 Å². The fourth-order valence-electron chi connectivity index (χ4n) is 3.08. The number of ether oxygens (including phenoxy) is 1. The molecule has 3 rings (SSSR count). The van der Waals surface area contributed by atoms with Crippen molar-refractivity contribution in [1.29, 1.82) is 0 Å². The summed E-state index contributed by atoms with van der Waals surface area (Å²) in [6.07, 6.45) is 1.50. The van der Waals surface area contributed by atoms with Gasteiger partial charge in [-0.1, -0.05) is 6.07 Å². The normalized spacial score (nSPS) is 14.4. The summed E-state index contributed by atoms with van der Waals surface area (Å²) in [5, 5.41) is 3.27. The van der Waals surface area contributed by atoms with Gasteiger partial charge in [0.15, 0.2) is 23.3 Å². The largest absolute Gasteiger partial charge is 0.494 e. The Kier molecular flexibility index (Phi) is 8.74. The van der Waals surface area contributed by atoms with Crippen molar-refractivity contribution in [1.82, 2.24) is 15.1 Å². The third-order valence-electron chi connectivity index (χ3n) is 4.56. The van der Waals surface area contributed by atoms with Gasteiger partial charge in [-0.05, 0) is 36.8 Å². The maximum atomic E-state index is 13.9. The number of rotatable bonds is 5. The predicted octanol–water partition coefficient (Wildman–Crippen LogP) is 2.97. The monoisotopic (exact) mass is 516 g/mol. The number of nitrogens with zero attached hydrogens (tertiary/aromatic N) is 3. The molecule has 0 unspecified atom stereocenters. The van der Waals surface area contributed by atoms with Gasteiger partial charge in [0.25, 0.3) is 5.91 Å². The van der Waals surface area contributed by atoms with Crippen LogP contribution in [-0.4, -0.2) is 61.5 Å². The Balaban J connectivity index is 0.00000300. The third-order valence-corrected chi connectivity index (χ3v) is 4.56. The highest BCUT2D eigenvalue weighted by Crippen LogP contribution is 2.18. The Morgan fingerprint density at radius 3 is 2.55 bits per heavy atom. The highest BCUT2D eigenvalue weighted by Gasteiger charge is 2.25. The van der Waals surface area contributed by atoms with E-state index in [0.717, 1.165) is 18.1 Å². The number of benzene rings is 1. The molecule has 1 amide bonds. The zero-order chi connectivity index (χ0) is 19.9. The first-order chi connectivity index (χ1) is 13.6. The van der Waals surface area contributed by atoms with Crippen LogP contribution in [0.3, 0.4) is 0 Å². The van der Waals surface area contributed by atoms with Gasteiger partial charge in [-0.2, -0.15) is 0 Å². The standard InChI is InChI=1S/C20H25FN4O3.HI/c1-3-22-20(23-14-15-6-7-17(27-2)16(21)13-15)25-10-8-24(9-11-25)19(26)18-5-4-12-28-18;/h4-7,12-13H,3,8-11,14H2,1-2H3,(H,22,23);1H. The Hall–Kier alpha value is -2.30. The van der Waals surface area contributed by atoms with E-state index >= 15 is 0 Å². The molecule has 0 aliphatic carbocycles. The zero-order valence-electron chi connectivity index (χ0n) is 16.6. The van der Waals surface area contributed by atoms with E-state index in [0.29, 0.717) is 38.5 Å². The Morgan fingerprint density at radius 1 is 1.24 bits per heavy atom. The van der Waals surface area contributed by atoms with Crippen LogP contribution in [0.25, 0.3) is 0 Å². The number of piperazine rings is 1. The van der Waals surface area contributed by atoms with Crippen molar-refractivity contribution in [2.24, 2.45) is 4.99 Å². The van der Waals surface area contributed by atoms with Crippen molar-refractivity contribution in [2.45, 2.75) is 13.5 Å². The van der Waals surface area contributed by atoms with E-state index in [1.807, 2.05) is 6.92 Å². The van der Waals surface area contributed by atoms with Crippen molar-refractivity contribution in [3.8, 4) is 5.75 Å². The van der Waals surface area contributed by atoms with Crippen LogP contribution in [-0.2, 0) is 6.54 Å². The summed E-state index contributed by atoms with van der Waals surface area (Å²) in [6, 6.07) is 8.22. The van der Waals surface area contributed by atoms with Gasteiger partial charge < -0.3 is 24.3 Å². The van der Waals surface area contributed by atoms with Crippen LogP contribution in [0.1, 0.15) is 23.0 Å². The lowest BCUT2D eigenvalue weighted by Gasteiger charge is -2.36. The summed E-state index contributed by atoms with van der Waals surface area (Å²) in [7, 11) is 1.44. The number of amides is 1. The highest BCUT2D eigenvalue weighted by molar-refractivity contribution is 14.0. The van der Waals surface area contributed by atoms with Gasteiger partial charge in [-0.15, -0.1) is 24.0 Å². The molecule has 0 atom stereocenters. The molecule has 9 heteroatoms. The Bertz CT molecular complexity index is 821. The molecular weight excluding hydrogens is 490 g/mol. The van der Waals surface area contributed by atoms with E-state index in [4.69, 9.17) is 9.15 Å². The van der Waals surface area contributed by atoms with Crippen molar-refractivity contribution in [3.63, 3.8) is 0 Å². The maximum Gasteiger partial charge on any atom is 0.289 e. The van der Waals surface area contributed by atoms with Gasteiger partial charge in [0.1, 0.15) is 0 Å². The molecule has 158 valence electrons. The van der Waals surface area contributed by atoms with Crippen LogP contribution in [0.5, 0.6) is 5.75 Å². The van der Waals surface area contributed by atoms with Crippen LogP contribution in [0.2, 0.25) is 0 Å². The molecule has 1 aromatic carbocycles. The molecule has 2 heterocycles. The average molecular weight is 516 g/mol. The van der Waals surface area contributed by atoms with E-state index in [-0.39, 0.29) is 35.6 Å². The number of hydrogen-bond acceptors (Lipinski definition) is 4. The summed E-state index contributed by atoms with van der Waals surface area (Å²) < 4.78 is 24.0. The molecular formula is C20H26FIN4O3. The van der Waals surface area contributed by atoms with E-state index in [1.165, 1.54) is 19.4 Å². The summed E-state index contributed by atoms with van der Waals surface area (Å²) in [4.78, 5) is 20.9. The summed E-state index contributed by atoms with van der Waals surface area (Å²) in [6.45, 7) is 5.57. The highest BCUT2D eigenvalue weighted by atomic mass is 127. The smallest absolute Gasteiger partial charge is 0.289 e. The Labute approximate surface area is 186 Å². The number of carbonyl (C=O) groups excluding carboxylic acids is 1. The molecule has 7 nitrogen and oxygen atoms in total. The lowest BCUT2D eigenvalue weighted by atomic mass is 10.2. The summed E-state index contributed by atoms with van der Waals surface area (Å²) in [5.41, 5.74) is 0.764. The molecule has 1 saturated heterocycles. The molecule has 1 N–H and O–H groups in total. The van der Waals surface area contributed by atoms with Gasteiger partial charge >= 0.3 is 0 Å². The molecule has 2 aromatic rings. The number of carbonyl (C=O) groups is 1. The van der Waals surface area contributed by atoms with Crippen molar-refractivity contribution in [2.75, 3.05) is 39.8 Å². The fourth-order valence-corrected chi connectivity index (χ4v) is 3.08. The van der Waals surface area contributed by atoms with Gasteiger partial charge in [0, 0.05) is 32.7 Å². The molecule has 0 spiro atoms. The third kappa shape index (κ3) is 5.84. The van der Waals surface area contributed by atoms with Crippen LogP contribution >= 0.6 is 24.0 Å². The molecule has 29 heavy (non-hydrogen) atoms. The van der Waals surface area contributed by atoms with E-state index in [2.05, 4.69) is 15.2 Å². The minimum absolute atomic E-state index is 0. The van der Waals surface area contributed by atoms with E-state index in [9.17, 15) is 9.18 Å². The SMILES string of the molecule is CCNC(=NCc1ccc(OC)c(F)c1)N1CCN(C(=O)c2ccco2)CC1.I. The number of methoxy groups -OCH3 is 1. The fraction of sp³-hybridized carbons (Fsp3) is 0.400. The molecule has 1 aliphatic rings. The van der Waals surface area contributed by atoms with E-state index in [1.54, 1.807) is 29.2 Å². The number of guanidine groups is 1. The first-order valence-corrected chi connectivity index (χ1v) is 9.30. The van der Waals surface area contributed by atoms with Crippen molar-refractivity contribution >= 4 is 35.8 Å². The summed E-state index contributed by atoms with van der Waals surface area (Å²) in [5.74, 6) is 0.835. The molecule has 1 aromatic heterocycles. The number of hydrogen-bond donors (Lipinski definition) is 1. The average Bonchev–Trinajstić information content (AvgIpc) is 3.26. The van der Waals surface area contributed by atoms with Crippen LogP contribution in [0.4, 0.5) is 4.39 Å². The van der Waals surface area contributed by atoms with Gasteiger partial charge in [-0.25, -0.2) is 9.38 Å². The number of nitrogens with one attached hydrogen (secondary N) is 1. The molecule has 0 saturated carbocycles.